The Hall–Kier alpha value is -1.52. The van der Waals surface area contributed by atoms with E-state index >= 15 is 0 Å². The number of hydrogen-bond donors (Lipinski definition) is 1. The van der Waals surface area contributed by atoms with Gasteiger partial charge >= 0.3 is 0 Å². The van der Waals surface area contributed by atoms with Crippen LogP contribution in [-0.2, 0) is 6.42 Å². The van der Waals surface area contributed by atoms with Gasteiger partial charge in [0.05, 0.1) is 7.11 Å². The summed E-state index contributed by atoms with van der Waals surface area (Å²) in [7, 11) is 1.60. The highest BCUT2D eigenvalue weighted by Crippen LogP contribution is 2.24. The maximum Gasteiger partial charge on any atom is 0.223 e. The van der Waals surface area contributed by atoms with E-state index in [2.05, 4.69) is 9.97 Å². The summed E-state index contributed by atoms with van der Waals surface area (Å²) in [6.07, 6.45) is 2.12. The van der Waals surface area contributed by atoms with Crippen LogP contribution >= 0.6 is 23.2 Å². The molecule has 0 aliphatic carbocycles. The molecule has 4 nitrogen and oxygen atoms in total. The lowest BCUT2D eigenvalue weighted by atomic mass is 10.1. The highest BCUT2D eigenvalue weighted by atomic mass is 35.5. The van der Waals surface area contributed by atoms with Crippen LogP contribution < -0.4 is 10.5 Å². The molecule has 2 aromatic rings. The second-order valence-electron chi connectivity index (χ2n) is 3.70. The van der Waals surface area contributed by atoms with Crippen LogP contribution in [-0.4, -0.2) is 17.1 Å². The van der Waals surface area contributed by atoms with E-state index in [9.17, 15) is 0 Å². The van der Waals surface area contributed by atoms with Crippen LogP contribution in [0, 0.1) is 0 Å². The number of nitrogens with zero attached hydrogens (tertiary/aromatic N) is 2. The molecule has 0 fully saturated rings. The molecule has 1 aromatic carbocycles. The Morgan fingerprint density at radius 2 is 2.06 bits per heavy atom. The van der Waals surface area contributed by atoms with E-state index in [4.69, 9.17) is 33.7 Å². The van der Waals surface area contributed by atoms with Crippen LogP contribution in [0.4, 0.5) is 5.69 Å². The van der Waals surface area contributed by atoms with Gasteiger partial charge < -0.3 is 10.5 Å². The van der Waals surface area contributed by atoms with E-state index in [0.717, 1.165) is 16.9 Å². The summed E-state index contributed by atoms with van der Waals surface area (Å²) in [5.74, 6) is 0.741. The van der Waals surface area contributed by atoms with Gasteiger partial charge in [-0.05, 0) is 35.4 Å². The van der Waals surface area contributed by atoms with Crippen molar-refractivity contribution in [3.8, 4) is 5.75 Å². The SMILES string of the molecule is COc1ccc(N)c(Cc2cnc(Cl)nc2Cl)c1. The third-order valence-electron chi connectivity index (χ3n) is 2.51. The molecule has 6 heteroatoms. The molecule has 0 saturated carbocycles. The first-order chi connectivity index (χ1) is 8.60. The average Bonchev–Trinajstić information content (AvgIpc) is 2.35. The van der Waals surface area contributed by atoms with E-state index in [-0.39, 0.29) is 5.28 Å². The third-order valence-corrected chi connectivity index (χ3v) is 3.02. The highest BCUT2D eigenvalue weighted by Gasteiger charge is 2.08. The van der Waals surface area contributed by atoms with Crippen molar-refractivity contribution in [2.24, 2.45) is 0 Å². The number of halogens is 2. The number of methoxy groups -OCH3 is 1. The molecule has 0 spiro atoms. The summed E-state index contributed by atoms with van der Waals surface area (Å²) in [4.78, 5) is 7.80. The van der Waals surface area contributed by atoms with Gasteiger partial charge in [-0.15, -0.1) is 0 Å². The summed E-state index contributed by atoms with van der Waals surface area (Å²) >= 11 is 11.6. The standard InChI is InChI=1S/C12H11Cl2N3O/c1-18-9-2-3-10(15)7(5-9)4-8-6-16-12(14)17-11(8)13/h2-3,5-6H,4,15H2,1H3. The lowest BCUT2D eigenvalue weighted by Crippen LogP contribution is -1.99. The Morgan fingerprint density at radius 1 is 1.28 bits per heavy atom. The molecular weight excluding hydrogens is 273 g/mol. The molecule has 1 heterocycles. The molecule has 0 unspecified atom stereocenters. The van der Waals surface area contributed by atoms with Gasteiger partial charge in [-0.25, -0.2) is 9.97 Å². The summed E-state index contributed by atoms with van der Waals surface area (Å²) in [5.41, 5.74) is 8.24. The van der Waals surface area contributed by atoms with Crippen molar-refractivity contribution in [2.45, 2.75) is 6.42 Å². The molecule has 0 amide bonds. The van der Waals surface area contributed by atoms with Crippen LogP contribution in [0.5, 0.6) is 5.75 Å². The maximum atomic E-state index is 6.00. The minimum absolute atomic E-state index is 0.127. The quantitative estimate of drug-likeness (QED) is 0.534. The smallest absolute Gasteiger partial charge is 0.223 e. The molecule has 0 atom stereocenters. The van der Waals surface area contributed by atoms with Gasteiger partial charge in [0, 0.05) is 23.9 Å². The van der Waals surface area contributed by atoms with E-state index in [0.29, 0.717) is 17.3 Å². The number of benzene rings is 1. The minimum atomic E-state index is 0.127. The summed E-state index contributed by atoms with van der Waals surface area (Å²) in [5, 5.41) is 0.458. The number of nitrogens with two attached hydrogens (primary N) is 1. The normalized spacial score (nSPS) is 10.4. The molecule has 0 aliphatic heterocycles. The predicted octanol–water partition coefficient (Wildman–Crippen LogP) is 2.97. The first-order valence-corrected chi connectivity index (χ1v) is 5.95. The Morgan fingerprint density at radius 3 is 2.72 bits per heavy atom. The van der Waals surface area contributed by atoms with Gasteiger partial charge in [-0.1, -0.05) is 11.6 Å². The summed E-state index contributed by atoms with van der Waals surface area (Å²) < 4.78 is 5.16. The van der Waals surface area contributed by atoms with Crippen molar-refractivity contribution in [1.29, 1.82) is 0 Å². The fourth-order valence-electron chi connectivity index (χ4n) is 1.55. The molecule has 0 bridgehead atoms. The molecule has 18 heavy (non-hydrogen) atoms. The number of aromatic nitrogens is 2. The fourth-order valence-corrected chi connectivity index (χ4v) is 1.92. The molecular formula is C12H11Cl2N3O. The Bertz CT molecular complexity index is 575. The predicted molar refractivity (Wildman–Crippen MR) is 72.3 cm³/mol. The number of nitrogen functional groups attached to an aromatic ring is 1. The third kappa shape index (κ3) is 2.83. The van der Waals surface area contributed by atoms with E-state index in [1.165, 1.54) is 0 Å². The molecule has 0 aliphatic rings. The van der Waals surface area contributed by atoms with Crippen molar-refractivity contribution in [3.63, 3.8) is 0 Å². The van der Waals surface area contributed by atoms with E-state index < -0.39 is 0 Å². The lowest BCUT2D eigenvalue weighted by Gasteiger charge is -2.09. The zero-order valence-corrected chi connectivity index (χ0v) is 11.2. The van der Waals surface area contributed by atoms with Gasteiger partial charge in [-0.2, -0.15) is 0 Å². The number of hydrogen-bond acceptors (Lipinski definition) is 4. The molecule has 2 N–H and O–H groups in total. The topological polar surface area (TPSA) is 61.0 Å². The van der Waals surface area contributed by atoms with Crippen molar-refractivity contribution in [2.75, 3.05) is 12.8 Å². The van der Waals surface area contributed by atoms with Crippen LogP contribution in [0.15, 0.2) is 24.4 Å². The minimum Gasteiger partial charge on any atom is -0.497 e. The first-order valence-electron chi connectivity index (χ1n) is 5.19. The molecule has 1 aromatic heterocycles. The zero-order valence-electron chi connectivity index (χ0n) is 9.65. The first kappa shape index (κ1) is 12.9. The van der Waals surface area contributed by atoms with Crippen molar-refractivity contribution in [3.05, 3.63) is 46.0 Å². The van der Waals surface area contributed by atoms with E-state index in [1.807, 2.05) is 6.07 Å². The van der Waals surface area contributed by atoms with Gasteiger partial charge in [0.25, 0.3) is 0 Å². The van der Waals surface area contributed by atoms with Gasteiger partial charge in [-0.3, -0.25) is 0 Å². The highest BCUT2D eigenvalue weighted by molar-refractivity contribution is 6.32. The average molecular weight is 284 g/mol. The Kier molecular flexibility index (Phi) is 3.89. The van der Waals surface area contributed by atoms with Gasteiger partial charge in [0.1, 0.15) is 10.9 Å². The van der Waals surface area contributed by atoms with Crippen molar-refractivity contribution < 1.29 is 4.74 Å². The second kappa shape index (κ2) is 5.42. The molecule has 0 saturated heterocycles. The maximum absolute atomic E-state index is 6.00. The Labute approximate surface area is 115 Å². The van der Waals surface area contributed by atoms with E-state index in [1.54, 1.807) is 25.4 Å². The molecule has 0 radical (unpaired) electrons. The van der Waals surface area contributed by atoms with Gasteiger partial charge in [0.2, 0.25) is 5.28 Å². The fraction of sp³-hybridized carbons (Fsp3) is 0.167. The zero-order chi connectivity index (χ0) is 13.1. The van der Waals surface area contributed by atoms with Crippen LogP contribution in [0.2, 0.25) is 10.4 Å². The monoisotopic (exact) mass is 283 g/mol. The molecule has 94 valence electrons. The molecule has 2 rings (SSSR count). The van der Waals surface area contributed by atoms with Crippen LogP contribution in [0.3, 0.4) is 0 Å². The largest absolute Gasteiger partial charge is 0.497 e. The van der Waals surface area contributed by atoms with Crippen molar-refractivity contribution >= 4 is 28.9 Å². The van der Waals surface area contributed by atoms with Gasteiger partial charge in [0.15, 0.2) is 0 Å². The van der Waals surface area contributed by atoms with Crippen molar-refractivity contribution in [1.82, 2.24) is 9.97 Å². The van der Waals surface area contributed by atoms with Crippen LogP contribution in [0.1, 0.15) is 11.1 Å². The lowest BCUT2D eigenvalue weighted by molar-refractivity contribution is 0.414. The number of anilines is 1. The van der Waals surface area contributed by atoms with Crippen LogP contribution in [0.25, 0.3) is 0 Å². The second-order valence-corrected chi connectivity index (χ2v) is 4.39. The number of rotatable bonds is 3. The number of ether oxygens (including phenoxy) is 1. The summed E-state index contributed by atoms with van der Waals surface area (Å²) in [6, 6.07) is 5.46. The Balaban J connectivity index is 2.33. The summed E-state index contributed by atoms with van der Waals surface area (Å²) in [6.45, 7) is 0.